The lowest BCUT2D eigenvalue weighted by atomic mass is 9.98. The molecule has 0 heterocycles. The van der Waals surface area contributed by atoms with Crippen molar-refractivity contribution in [1.82, 2.24) is 0 Å². The van der Waals surface area contributed by atoms with E-state index in [1.807, 2.05) is 36.4 Å². The molecule has 0 spiro atoms. The maximum absolute atomic E-state index is 6.17. The van der Waals surface area contributed by atoms with Crippen LogP contribution in [0.25, 0.3) is 11.1 Å². The predicted molar refractivity (Wildman–Crippen MR) is 65.1 cm³/mol. The average molecular weight is 216 g/mol. The fraction of sp³-hybridized carbons (Fsp3) is 0.143. The fourth-order valence-electron chi connectivity index (χ4n) is 1.70. The van der Waals surface area contributed by atoms with Crippen LogP contribution >= 0.6 is 11.6 Å². The van der Waals surface area contributed by atoms with E-state index in [1.54, 1.807) is 0 Å². The van der Waals surface area contributed by atoms with Gasteiger partial charge in [-0.05, 0) is 29.7 Å². The molecular formula is C14H12Cl. The number of aryl methyl sites for hydroxylation is 1. The molecule has 15 heavy (non-hydrogen) atoms. The second-order valence-corrected chi connectivity index (χ2v) is 3.80. The molecule has 0 saturated heterocycles. The van der Waals surface area contributed by atoms with Gasteiger partial charge in [0.2, 0.25) is 0 Å². The first-order chi connectivity index (χ1) is 7.33. The average Bonchev–Trinajstić information content (AvgIpc) is 2.30. The van der Waals surface area contributed by atoms with Crippen LogP contribution in [0, 0.1) is 6.07 Å². The summed E-state index contributed by atoms with van der Waals surface area (Å²) in [6.45, 7) is 2.13. The van der Waals surface area contributed by atoms with Crippen molar-refractivity contribution >= 4 is 11.6 Å². The first-order valence-electron chi connectivity index (χ1n) is 5.07. The normalized spacial score (nSPS) is 10.3. The number of hydrogen-bond acceptors (Lipinski definition) is 0. The van der Waals surface area contributed by atoms with E-state index in [2.05, 4.69) is 19.1 Å². The Hall–Kier alpha value is -1.27. The summed E-state index contributed by atoms with van der Waals surface area (Å²) in [5, 5.41) is 0.798. The van der Waals surface area contributed by atoms with Crippen LogP contribution < -0.4 is 0 Å². The molecule has 75 valence electrons. The van der Waals surface area contributed by atoms with Crippen molar-refractivity contribution in [2.75, 3.05) is 0 Å². The molecule has 0 N–H and O–H groups in total. The van der Waals surface area contributed by atoms with E-state index in [9.17, 15) is 0 Å². The van der Waals surface area contributed by atoms with Crippen LogP contribution in [0.3, 0.4) is 0 Å². The molecule has 0 aromatic heterocycles. The third-order valence-electron chi connectivity index (χ3n) is 2.46. The molecule has 0 bridgehead atoms. The summed E-state index contributed by atoms with van der Waals surface area (Å²) < 4.78 is 0. The summed E-state index contributed by atoms with van der Waals surface area (Å²) in [6.07, 6.45) is 0.974. The Morgan fingerprint density at radius 3 is 2.53 bits per heavy atom. The van der Waals surface area contributed by atoms with Gasteiger partial charge < -0.3 is 0 Å². The van der Waals surface area contributed by atoms with Gasteiger partial charge in [-0.25, -0.2) is 0 Å². The largest absolute Gasteiger partial charge is 0.0837 e. The summed E-state index contributed by atoms with van der Waals surface area (Å²) in [5.74, 6) is 0. The first-order valence-corrected chi connectivity index (χ1v) is 5.45. The monoisotopic (exact) mass is 215 g/mol. The van der Waals surface area contributed by atoms with Gasteiger partial charge >= 0.3 is 0 Å². The highest BCUT2D eigenvalue weighted by atomic mass is 35.5. The lowest BCUT2D eigenvalue weighted by molar-refractivity contribution is 1.14. The van der Waals surface area contributed by atoms with E-state index < -0.39 is 0 Å². The molecule has 2 rings (SSSR count). The zero-order chi connectivity index (χ0) is 10.7. The minimum Gasteiger partial charge on any atom is -0.0837 e. The Kier molecular flexibility index (Phi) is 3.08. The summed E-state index contributed by atoms with van der Waals surface area (Å²) in [5.41, 5.74) is 3.49. The molecule has 0 aliphatic rings. The smallest absolute Gasteiger partial charge is 0.0484 e. The standard InChI is InChI=1S/C14H12Cl/c1-2-11-7-3-4-8-12(11)13-9-5-6-10-14(13)15/h3-6,8-10H,2H2,1H3. The molecule has 0 aliphatic heterocycles. The van der Waals surface area contributed by atoms with Crippen LogP contribution in [0.2, 0.25) is 5.02 Å². The maximum Gasteiger partial charge on any atom is 0.0484 e. The summed E-state index contributed by atoms with van der Waals surface area (Å²) >= 11 is 6.17. The number of halogens is 1. The summed E-state index contributed by atoms with van der Waals surface area (Å²) in [4.78, 5) is 0. The Morgan fingerprint density at radius 1 is 1.07 bits per heavy atom. The molecule has 0 fully saturated rings. The summed E-state index contributed by atoms with van der Waals surface area (Å²) in [7, 11) is 0. The van der Waals surface area contributed by atoms with Crippen molar-refractivity contribution in [2.24, 2.45) is 0 Å². The van der Waals surface area contributed by atoms with E-state index >= 15 is 0 Å². The third kappa shape index (κ3) is 2.05. The molecule has 1 radical (unpaired) electrons. The van der Waals surface area contributed by atoms with E-state index in [4.69, 9.17) is 11.6 Å². The Labute approximate surface area is 95.5 Å². The molecule has 0 unspecified atom stereocenters. The van der Waals surface area contributed by atoms with Gasteiger partial charge in [0, 0.05) is 10.6 Å². The SMILES string of the molecule is CCc1[c]cccc1-c1ccccc1Cl. The number of benzene rings is 2. The van der Waals surface area contributed by atoms with Crippen molar-refractivity contribution in [2.45, 2.75) is 13.3 Å². The van der Waals surface area contributed by atoms with Crippen molar-refractivity contribution < 1.29 is 0 Å². The number of rotatable bonds is 2. The maximum atomic E-state index is 6.17. The van der Waals surface area contributed by atoms with Gasteiger partial charge in [-0.3, -0.25) is 0 Å². The van der Waals surface area contributed by atoms with Crippen molar-refractivity contribution in [3.8, 4) is 11.1 Å². The second kappa shape index (κ2) is 4.50. The Morgan fingerprint density at radius 2 is 1.80 bits per heavy atom. The molecule has 2 aromatic carbocycles. The lowest BCUT2D eigenvalue weighted by Gasteiger charge is -2.08. The summed E-state index contributed by atoms with van der Waals surface area (Å²) in [6, 6.07) is 17.2. The van der Waals surface area contributed by atoms with Crippen LogP contribution in [-0.4, -0.2) is 0 Å². The zero-order valence-electron chi connectivity index (χ0n) is 8.63. The molecule has 0 atom stereocenters. The quantitative estimate of drug-likeness (QED) is 0.698. The topological polar surface area (TPSA) is 0 Å². The van der Waals surface area contributed by atoms with Gasteiger partial charge in [-0.15, -0.1) is 0 Å². The number of hydrogen-bond donors (Lipinski definition) is 0. The molecule has 0 saturated carbocycles. The third-order valence-corrected chi connectivity index (χ3v) is 2.79. The van der Waals surface area contributed by atoms with E-state index in [0.717, 1.165) is 17.0 Å². The molecular weight excluding hydrogens is 204 g/mol. The predicted octanol–water partition coefficient (Wildman–Crippen LogP) is 4.37. The Balaban J connectivity index is 2.59. The molecule has 0 nitrogen and oxygen atoms in total. The van der Waals surface area contributed by atoms with Crippen LogP contribution in [0.1, 0.15) is 12.5 Å². The molecule has 0 aliphatic carbocycles. The minimum atomic E-state index is 0.798. The van der Waals surface area contributed by atoms with Gasteiger partial charge in [-0.1, -0.05) is 54.9 Å². The van der Waals surface area contributed by atoms with Gasteiger partial charge in [0.05, 0.1) is 0 Å². The van der Waals surface area contributed by atoms with Crippen molar-refractivity contribution in [1.29, 1.82) is 0 Å². The van der Waals surface area contributed by atoms with E-state index in [-0.39, 0.29) is 0 Å². The van der Waals surface area contributed by atoms with Gasteiger partial charge in [0.1, 0.15) is 0 Å². The molecule has 0 amide bonds. The van der Waals surface area contributed by atoms with Crippen LogP contribution in [0.4, 0.5) is 0 Å². The van der Waals surface area contributed by atoms with Crippen molar-refractivity contribution in [3.63, 3.8) is 0 Å². The van der Waals surface area contributed by atoms with Crippen LogP contribution in [0.15, 0.2) is 42.5 Å². The minimum absolute atomic E-state index is 0.798. The van der Waals surface area contributed by atoms with Crippen LogP contribution in [0.5, 0.6) is 0 Å². The zero-order valence-corrected chi connectivity index (χ0v) is 9.38. The van der Waals surface area contributed by atoms with E-state index in [1.165, 1.54) is 11.1 Å². The molecule has 1 heteroatoms. The van der Waals surface area contributed by atoms with Gasteiger partial charge in [0.25, 0.3) is 0 Å². The molecule has 2 aromatic rings. The lowest BCUT2D eigenvalue weighted by Crippen LogP contribution is -1.87. The van der Waals surface area contributed by atoms with Crippen molar-refractivity contribution in [3.05, 3.63) is 59.1 Å². The second-order valence-electron chi connectivity index (χ2n) is 3.40. The fourth-order valence-corrected chi connectivity index (χ4v) is 1.93. The highest BCUT2D eigenvalue weighted by Crippen LogP contribution is 2.29. The van der Waals surface area contributed by atoms with Crippen LogP contribution in [-0.2, 0) is 6.42 Å². The highest BCUT2D eigenvalue weighted by molar-refractivity contribution is 6.33. The highest BCUT2D eigenvalue weighted by Gasteiger charge is 2.05. The van der Waals surface area contributed by atoms with E-state index in [0.29, 0.717) is 0 Å². The van der Waals surface area contributed by atoms with Gasteiger partial charge in [0.15, 0.2) is 0 Å². The Bertz CT molecular complexity index is 460. The van der Waals surface area contributed by atoms with Gasteiger partial charge in [-0.2, -0.15) is 0 Å². The first kappa shape index (κ1) is 10.3.